The van der Waals surface area contributed by atoms with Gasteiger partial charge in [-0.05, 0) is 64.3 Å². The predicted molar refractivity (Wildman–Crippen MR) is 58.0 cm³/mol. The Hall–Kier alpha value is -0.0800. The molecule has 78 valence electrons. The lowest BCUT2D eigenvalue weighted by molar-refractivity contribution is 0.0876. The Balaban J connectivity index is 0.000000845. The van der Waals surface area contributed by atoms with Crippen molar-refractivity contribution >= 4 is 0 Å². The fourth-order valence-corrected chi connectivity index (χ4v) is 2.55. The molecule has 2 heterocycles. The Bertz CT molecular complexity index is 140. The first-order valence-corrected chi connectivity index (χ1v) is 5.20. The van der Waals surface area contributed by atoms with Gasteiger partial charge in [-0.15, -0.1) is 0 Å². The topological polar surface area (TPSA) is 15.3 Å². The van der Waals surface area contributed by atoms with E-state index in [1.807, 2.05) is 0 Å². The molecule has 2 aliphatic rings. The molecule has 0 radical (unpaired) electrons. The van der Waals surface area contributed by atoms with Gasteiger partial charge in [0.05, 0.1) is 0 Å². The lowest BCUT2D eigenvalue weighted by Crippen LogP contribution is -2.44. The van der Waals surface area contributed by atoms with E-state index in [2.05, 4.69) is 17.3 Å². The lowest BCUT2D eigenvalue weighted by Gasteiger charge is -2.43. The van der Waals surface area contributed by atoms with E-state index in [0.717, 1.165) is 5.41 Å². The summed E-state index contributed by atoms with van der Waals surface area (Å²) in [5.41, 5.74) is 0.734. The van der Waals surface area contributed by atoms with Crippen LogP contribution < -0.4 is 5.32 Å². The van der Waals surface area contributed by atoms with Crippen LogP contribution in [0.4, 0.5) is 0 Å². The third-order valence-corrected chi connectivity index (χ3v) is 3.71. The van der Waals surface area contributed by atoms with Crippen molar-refractivity contribution in [2.45, 2.75) is 33.1 Å². The van der Waals surface area contributed by atoms with Gasteiger partial charge in [-0.3, -0.25) is 0 Å². The molecule has 0 aromatic rings. The van der Waals surface area contributed by atoms with E-state index in [1.54, 1.807) is 0 Å². The molecule has 2 rings (SSSR count). The van der Waals surface area contributed by atoms with Crippen molar-refractivity contribution in [2.75, 3.05) is 33.2 Å². The molecular formula is C11H24N2. The van der Waals surface area contributed by atoms with Gasteiger partial charge in [0.15, 0.2) is 0 Å². The Labute approximate surface area is 82.7 Å². The molecule has 0 atom stereocenters. The third-order valence-electron chi connectivity index (χ3n) is 3.71. The van der Waals surface area contributed by atoms with E-state index in [0.29, 0.717) is 0 Å². The van der Waals surface area contributed by atoms with E-state index in [4.69, 9.17) is 0 Å². The number of rotatable bonds is 0. The predicted octanol–water partition coefficient (Wildman–Crippen LogP) is 1.72. The van der Waals surface area contributed by atoms with Gasteiger partial charge in [0, 0.05) is 0 Å². The van der Waals surface area contributed by atoms with Gasteiger partial charge in [-0.1, -0.05) is 7.43 Å². The highest BCUT2D eigenvalue weighted by molar-refractivity contribution is 4.88. The van der Waals surface area contributed by atoms with Gasteiger partial charge in [0.25, 0.3) is 0 Å². The van der Waals surface area contributed by atoms with Crippen LogP contribution in [0, 0.1) is 5.41 Å². The van der Waals surface area contributed by atoms with Gasteiger partial charge < -0.3 is 10.2 Å². The Morgan fingerprint density at radius 1 is 1.00 bits per heavy atom. The maximum absolute atomic E-state index is 3.45. The second kappa shape index (κ2) is 4.43. The summed E-state index contributed by atoms with van der Waals surface area (Å²) in [4.78, 5) is 2.47. The third kappa shape index (κ3) is 2.44. The summed E-state index contributed by atoms with van der Waals surface area (Å²) >= 11 is 0. The molecule has 0 aromatic carbocycles. The van der Waals surface area contributed by atoms with Gasteiger partial charge in [0.1, 0.15) is 0 Å². The summed E-state index contributed by atoms with van der Waals surface area (Å²) in [5.74, 6) is 0. The maximum atomic E-state index is 3.45. The maximum Gasteiger partial charge on any atom is -0.00165 e. The fourth-order valence-electron chi connectivity index (χ4n) is 2.55. The summed E-state index contributed by atoms with van der Waals surface area (Å²) in [7, 11) is 2.24. The van der Waals surface area contributed by atoms with Gasteiger partial charge >= 0.3 is 0 Å². The molecule has 0 aromatic heterocycles. The largest absolute Gasteiger partial charge is 0.317 e. The summed E-state index contributed by atoms with van der Waals surface area (Å²) in [6.07, 6.45) is 5.71. The molecule has 2 aliphatic heterocycles. The first-order chi connectivity index (χ1) is 5.81. The molecule has 2 nitrogen and oxygen atoms in total. The molecule has 0 aliphatic carbocycles. The average Bonchev–Trinajstić information content (AvgIpc) is 2.13. The molecule has 2 saturated heterocycles. The van der Waals surface area contributed by atoms with E-state index in [-0.39, 0.29) is 7.43 Å². The number of piperidine rings is 2. The number of hydrogen-bond acceptors (Lipinski definition) is 2. The zero-order valence-corrected chi connectivity index (χ0v) is 8.10. The SMILES string of the molecule is C.CN1CCC2(CCNCC2)CC1. The van der Waals surface area contributed by atoms with Crippen LogP contribution in [0.5, 0.6) is 0 Å². The molecule has 2 heteroatoms. The van der Waals surface area contributed by atoms with Crippen molar-refractivity contribution in [1.82, 2.24) is 10.2 Å². The molecule has 0 amide bonds. The van der Waals surface area contributed by atoms with E-state index >= 15 is 0 Å². The molecule has 0 bridgehead atoms. The highest BCUT2D eigenvalue weighted by Gasteiger charge is 2.34. The zero-order chi connectivity index (χ0) is 8.44. The molecule has 1 spiro atoms. The second-order valence-electron chi connectivity index (χ2n) is 4.55. The molecule has 0 saturated carbocycles. The van der Waals surface area contributed by atoms with E-state index < -0.39 is 0 Å². The van der Waals surface area contributed by atoms with Crippen molar-refractivity contribution in [3.05, 3.63) is 0 Å². The summed E-state index contributed by atoms with van der Waals surface area (Å²) in [6, 6.07) is 0. The first kappa shape index (κ1) is 11.0. The lowest BCUT2D eigenvalue weighted by atomic mass is 9.72. The minimum absolute atomic E-state index is 0. The Morgan fingerprint density at radius 3 is 2.08 bits per heavy atom. The van der Waals surface area contributed by atoms with Crippen molar-refractivity contribution in [1.29, 1.82) is 0 Å². The zero-order valence-electron chi connectivity index (χ0n) is 8.10. The van der Waals surface area contributed by atoms with Crippen LogP contribution in [-0.2, 0) is 0 Å². The van der Waals surface area contributed by atoms with E-state index in [9.17, 15) is 0 Å². The van der Waals surface area contributed by atoms with Crippen molar-refractivity contribution in [3.63, 3.8) is 0 Å². The number of nitrogens with zero attached hydrogens (tertiary/aromatic N) is 1. The molecule has 2 fully saturated rings. The monoisotopic (exact) mass is 184 g/mol. The van der Waals surface area contributed by atoms with Crippen LogP contribution >= 0.6 is 0 Å². The first-order valence-electron chi connectivity index (χ1n) is 5.20. The second-order valence-corrected chi connectivity index (χ2v) is 4.55. The summed E-state index contributed by atoms with van der Waals surface area (Å²) < 4.78 is 0. The Kier molecular flexibility index (Phi) is 3.74. The standard InChI is InChI=1S/C10H20N2.CH4/c1-12-8-4-10(5-9-12)2-6-11-7-3-10;/h11H,2-9H2,1H3;1H4. The minimum atomic E-state index is 0. The molecular weight excluding hydrogens is 160 g/mol. The van der Waals surface area contributed by atoms with E-state index in [1.165, 1.54) is 51.9 Å². The quantitative estimate of drug-likeness (QED) is 0.616. The van der Waals surface area contributed by atoms with Crippen LogP contribution in [-0.4, -0.2) is 38.1 Å². The van der Waals surface area contributed by atoms with Gasteiger partial charge in [-0.25, -0.2) is 0 Å². The highest BCUT2D eigenvalue weighted by atomic mass is 15.1. The molecule has 0 unspecified atom stereocenters. The van der Waals surface area contributed by atoms with Crippen molar-refractivity contribution < 1.29 is 0 Å². The molecule has 13 heavy (non-hydrogen) atoms. The smallest absolute Gasteiger partial charge is 0.00165 e. The van der Waals surface area contributed by atoms with Crippen LogP contribution in [0.2, 0.25) is 0 Å². The van der Waals surface area contributed by atoms with Crippen LogP contribution in [0.15, 0.2) is 0 Å². The van der Waals surface area contributed by atoms with Crippen molar-refractivity contribution in [3.8, 4) is 0 Å². The summed E-state index contributed by atoms with van der Waals surface area (Å²) in [6.45, 7) is 5.15. The highest BCUT2D eigenvalue weighted by Crippen LogP contribution is 2.38. The Morgan fingerprint density at radius 2 is 1.54 bits per heavy atom. The van der Waals surface area contributed by atoms with Gasteiger partial charge in [0.2, 0.25) is 0 Å². The normalized spacial score (nSPS) is 28.4. The number of hydrogen-bond donors (Lipinski definition) is 1. The number of nitrogens with one attached hydrogen (secondary N) is 1. The molecule has 1 N–H and O–H groups in total. The number of likely N-dealkylation sites (tertiary alicyclic amines) is 1. The summed E-state index contributed by atoms with van der Waals surface area (Å²) in [5, 5.41) is 3.45. The minimum Gasteiger partial charge on any atom is -0.317 e. The average molecular weight is 184 g/mol. The van der Waals surface area contributed by atoms with Gasteiger partial charge in [-0.2, -0.15) is 0 Å². The van der Waals surface area contributed by atoms with Crippen molar-refractivity contribution in [2.24, 2.45) is 5.41 Å². The van der Waals surface area contributed by atoms with Crippen LogP contribution in [0.1, 0.15) is 33.1 Å². The van der Waals surface area contributed by atoms with Crippen LogP contribution in [0.25, 0.3) is 0 Å². The van der Waals surface area contributed by atoms with Crippen LogP contribution in [0.3, 0.4) is 0 Å². The fraction of sp³-hybridized carbons (Fsp3) is 1.00.